The molecule has 1 aromatic heterocycles. The van der Waals surface area contributed by atoms with Gasteiger partial charge in [0.2, 0.25) is 0 Å². The van der Waals surface area contributed by atoms with E-state index in [-0.39, 0.29) is 35.8 Å². The van der Waals surface area contributed by atoms with Crippen molar-refractivity contribution in [2.75, 3.05) is 13.7 Å². The Kier molecular flexibility index (Phi) is 5.96. The maximum atomic E-state index is 13.4. The van der Waals surface area contributed by atoms with Crippen LogP contribution < -0.4 is 4.74 Å². The third kappa shape index (κ3) is 3.85. The average molecular weight is 483 g/mol. The van der Waals surface area contributed by atoms with E-state index in [1.165, 1.54) is 22.3 Å². The van der Waals surface area contributed by atoms with Crippen molar-refractivity contribution in [1.29, 1.82) is 0 Å². The number of carbonyl (C=O) groups is 2. The number of rotatable bonds is 5. The van der Waals surface area contributed by atoms with Crippen molar-refractivity contribution in [1.82, 2.24) is 9.88 Å². The molecule has 2 fully saturated rings. The standard InChI is InChI=1S/C30H30N2O4/c1-35-27-14-7-15-31-28(27)29(33)19-16-20-8-6-9-21(17-19)32(20)30(34)36-18-26-24-12-4-2-10-22(24)23-11-3-5-13-25(23)26/h2-5,7,10-15,19-21,26H,6,8-9,16-18H2,1H3. The van der Waals surface area contributed by atoms with Gasteiger partial charge < -0.3 is 14.4 Å². The highest BCUT2D eigenvalue weighted by molar-refractivity contribution is 5.98. The second-order valence-corrected chi connectivity index (χ2v) is 10.0. The number of hydrogen-bond acceptors (Lipinski definition) is 5. The Hall–Kier alpha value is -3.67. The second kappa shape index (κ2) is 9.41. The minimum atomic E-state index is -0.257. The van der Waals surface area contributed by atoms with Crippen LogP contribution in [0.5, 0.6) is 5.75 Å². The van der Waals surface area contributed by atoms with Crippen LogP contribution in [0.4, 0.5) is 4.79 Å². The Morgan fingerprint density at radius 1 is 0.917 bits per heavy atom. The zero-order valence-electron chi connectivity index (χ0n) is 20.4. The van der Waals surface area contributed by atoms with Gasteiger partial charge in [-0.15, -0.1) is 0 Å². The van der Waals surface area contributed by atoms with Gasteiger partial charge in [-0.25, -0.2) is 9.78 Å². The van der Waals surface area contributed by atoms with Gasteiger partial charge in [-0.2, -0.15) is 0 Å². The molecule has 184 valence electrons. The highest BCUT2D eigenvalue weighted by Crippen LogP contribution is 2.45. The first-order chi connectivity index (χ1) is 17.7. The molecule has 0 N–H and O–H groups in total. The normalized spacial score (nSPS) is 22.5. The highest BCUT2D eigenvalue weighted by Gasteiger charge is 2.44. The number of piperidine rings is 2. The molecular weight excluding hydrogens is 452 g/mol. The fourth-order valence-corrected chi connectivity index (χ4v) is 6.50. The Bertz CT molecular complexity index is 1250. The number of fused-ring (bicyclic) bond motifs is 5. The van der Waals surface area contributed by atoms with E-state index in [2.05, 4.69) is 41.4 Å². The van der Waals surface area contributed by atoms with Crippen molar-refractivity contribution in [2.24, 2.45) is 5.92 Å². The molecule has 1 aliphatic carbocycles. The van der Waals surface area contributed by atoms with E-state index in [0.717, 1.165) is 19.3 Å². The van der Waals surface area contributed by atoms with E-state index in [9.17, 15) is 9.59 Å². The van der Waals surface area contributed by atoms with E-state index in [1.54, 1.807) is 25.4 Å². The van der Waals surface area contributed by atoms with Gasteiger partial charge in [0, 0.05) is 30.1 Å². The van der Waals surface area contributed by atoms with Crippen molar-refractivity contribution in [3.8, 4) is 16.9 Å². The van der Waals surface area contributed by atoms with Gasteiger partial charge in [0.25, 0.3) is 0 Å². The van der Waals surface area contributed by atoms with Crippen LogP contribution in [-0.2, 0) is 4.74 Å². The first kappa shape index (κ1) is 22.8. The summed E-state index contributed by atoms with van der Waals surface area (Å²) in [6, 6.07) is 20.3. The van der Waals surface area contributed by atoms with Crippen LogP contribution in [0.2, 0.25) is 0 Å². The fraction of sp³-hybridized carbons (Fsp3) is 0.367. The Morgan fingerprint density at radius 3 is 2.19 bits per heavy atom. The first-order valence-corrected chi connectivity index (χ1v) is 12.8. The quantitative estimate of drug-likeness (QED) is 0.427. The molecule has 2 saturated heterocycles. The molecule has 1 amide bonds. The summed E-state index contributed by atoms with van der Waals surface area (Å²) in [6.45, 7) is 0.316. The molecule has 2 aromatic carbocycles. The molecule has 2 unspecified atom stereocenters. The van der Waals surface area contributed by atoms with E-state index in [1.807, 2.05) is 17.0 Å². The van der Waals surface area contributed by atoms with E-state index < -0.39 is 0 Å². The number of aromatic nitrogens is 1. The van der Waals surface area contributed by atoms with Crippen LogP contribution in [0.1, 0.15) is 59.6 Å². The minimum Gasteiger partial charge on any atom is -0.494 e. The van der Waals surface area contributed by atoms with Crippen LogP contribution in [0.3, 0.4) is 0 Å². The number of ether oxygens (including phenoxy) is 2. The molecule has 3 aromatic rings. The Labute approximate surface area is 211 Å². The predicted octanol–water partition coefficient (Wildman–Crippen LogP) is 5.86. The molecule has 3 aliphatic rings. The van der Waals surface area contributed by atoms with Crippen LogP contribution in [0.25, 0.3) is 11.1 Å². The van der Waals surface area contributed by atoms with Gasteiger partial charge in [0.15, 0.2) is 5.78 Å². The average Bonchev–Trinajstić information content (AvgIpc) is 3.24. The SMILES string of the molecule is COc1cccnc1C(=O)C1CC2CCCC(C1)N2C(=O)OCC1c2ccccc2-c2ccccc21. The molecule has 2 aliphatic heterocycles. The van der Waals surface area contributed by atoms with Crippen molar-refractivity contribution < 1.29 is 19.1 Å². The third-order valence-electron chi connectivity index (χ3n) is 8.12. The topological polar surface area (TPSA) is 68.7 Å². The number of amides is 1. The number of pyridine rings is 1. The smallest absolute Gasteiger partial charge is 0.410 e. The van der Waals surface area contributed by atoms with E-state index in [4.69, 9.17) is 9.47 Å². The molecule has 0 saturated carbocycles. The summed E-state index contributed by atoms with van der Waals surface area (Å²) in [6.07, 6.45) is 5.50. The van der Waals surface area contributed by atoms with Crippen molar-refractivity contribution >= 4 is 11.9 Å². The second-order valence-electron chi connectivity index (χ2n) is 10.0. The highest BCUT2D eigenvalue weighted by atomic mass is 16.6. The number of carbonyl (C=O) groups excluding carboxylic acids is 2. The largest absolute Gasteiger partial charge is 0.494 e. The summed E-state index contributed by atoms with van der Waals surface area (Å²) in [4.78, 5) is 33.0. The van der Waals surface area contributed by atoms with Crippen molar-refractivity contribution in [3.63, 3.8) is 0 Å². The number of hydrogen-bond donors (Lipinski definition) is 0. The zero-order chi connectivity index (χ0) is 24.6. The summed E-state index contributed by atoms with van der Waals surface area (Å²) in [5, 5.41) is 0. The molecule has 6 rings (SSSR count). The van der Waals surface area contributed by atoms with Gasteiger partial charge in [0.05, 0.1) is 7.11 Å². The molecule has 2 bridgehead atoms. The van der Waals surface area contributed by atoms with Gasteiger partial charge in [-0.05, 0) is 66.5 Å². The van der Waals surface area contributed by atoms with E-state index in [0.29, 0.717) is 30.9 Å². The van der Waals surface area contributed by atoms with Gasteiger partial charge >= 0.3 is 6.09 Å². The minimum absolute atomic E-state index is 0.0107. The molecule has 0 spiro atoms. The Morgan fingerprint density at radius 2 is 1.56 bits per heavy atom. The molecule has 36 heavy (non-hydrogen) atoms. The summed E-state index contributed by atoms with van der Waals surface area (Å²) >= 11 is 0. The molecule has 3 heterocycles. The number of methoxy groups -OCH3 is 1. The molecular formula is C30H30N2O4. The van der Waals surface area contributed by atoms with Gasteiger partial charge in [-0.3, -0.25) is 4.79 Å². The van der Waals surface area contributed by atoms with Crippen LogP contribution in [-0.4, -0.2) is 47.6 Å². The van der Waals surface area contributed by atoms with Crippen molar-refractivity contribution in [2.45, 2.75) is 50.1 Å². The summed E-state index contributed by atoms with van der Waals surface area (Å²) in [5.74, 6) is 0.391. The van der Waals surface area contributed by atoms with Gasteiger partial charge in [-0.1, -0.05) is 48.5 Å². The summed E-state index contributed by atoms with van der Waals surface area (Å²) < 4.78 is 11.4. The van der Waals surface area contributed by atoms with E-state index >= 15 is 0 Å². The van der Waals surface area contributed by atoms with Crippen molar-refractivity contribution in [3.05, 3.63) is 83.7 Å². The monoisotopic (exact) mass is 482 g/mol. The summed E-state index contributed by atoms with van der Waals surface area (Å²) in [5.41, 5.74) is 5.24. The first-order valence-electron chi connectivity index (χ1n) is 12.8. The van der Waals surface area contributed by atoms with Crippen LogP contribution in [0, 0.1) is 5.92 Å². The predicted molar refractivity (Wildman–Crippen MR) is 136 cm³/mol. The Balaban J connectivity index is 1.17. The lowest BCUT2D eigenvalue weighted by atomic mass is 9.76. The lowest BCUT2D eigenvalue weighted by Gasteiger charge is -2.47. The number of Topliss-reactive ketones (excluding diaryl/α,β-unsaturated/α-hetero) is 1. The number of benzene rings is 2. The van der Waals surface area contributed by atoms with Gasteiger partial charge in [0.1, 0.15) is 18.1 Å². The molecule has 6 heteroatoms. The number of nitrogens with zero attached hydrogens (tertiary/aromatic N) is 2. The van der Waals surface area contributed by atoms with Crippen LogP contribution in [0.15, 0.2) is 66.9 Å². The molecule has 6 nitrogen and oxygen atoms in total. The zero-order valence-corrected chi connectivity index (χ0v) is 20.4. The maximum absolute atomic E-state index is 13.4. The maximum Gasteiger partial charge on any atom is 0.410 e. The third-order valence-corrected chi connectivity index (χ3v) is 8.12. The van der Waals surface area contributed by atoms with Crippen LogP contribution >= 0.6 is 0 Å². The fourth-order valence-electron chi connectivity index (χ4n) is 6.50. The molecule has 0 radical (unpaired) electrons. The lowest BCUT2D eigenvalue weighted by molar-refractivity contribution is 0.00635. The lowest BCUT2D eigenvalue weighted by Crippen LogP contribution is -2.56. The summed E-state index contributed by atoms with van der Waals surface area (Å²) in [7, 11) is 1.56. The molecule has 2 atom stereocenters. The number of ketones is 1.